The third-order valence-corrected chi connectivity index (χ3v) is 1.02. The molecule has 0 bridgehead atoms. The fourth-order valence-electron chi connectivity index (χ4n) is 0. The highest BCUT2D eigenvalue weighted by atomic mass is 31.2. The molecule has 3 nitrogen and oxygen atoms in total. The normalized spacial score (nSPS) is 19.8. The molecule has 0 amide bonds. The summed E-state index contributed by atoms with van der Waals surface area (Å²) >= 11 is 0. The van der Waals surface area contributed by atoms with Crippen molar-refractivity contribution >= 4 is 7.60 Å². The van der Waals surface area contributed by atoms with Crippen LogP contribution in [0.5, 0.6) is 0 Å². The van der Waals surface area contributed by atoms with Crippen LogP contribution in [0.15, 0.2) is 0 Å². The molecule has 6 heavy (non-hydrogen) atoms. The van der Waals surface area contributed by atoms with Gasteiger partial charge in [0.05, 0.1) is 0 Å². The van der Waals surface area contributed by atoms with Gasteiger partial charge in [-0.2, -0.15) is 0 Å². The highest BCUT2D eigenvalue weighted by Crippen LogP contribution is 2.34. The topological polar surface area (TPSA) is 46.5 Å². The molecule has 0 radical (unpaired) electrons. The van der Waals surface area contributed by atoms with Crippen LogP contribution in [-0.4, -0.2) is 18.7 Å². The molecule has 0 aromatic carbocycles. The molecular weight excluding hydrogens is 103 g/mol. The Morgan fingerprint density at radius 1 is 1.83 bits per heavy atom. The van der Waals surface area contributed by atoms with Crippen LogP contribution < -0.4 is 0 Å². The maximum absolute atomic E-state index is 9.92. The predicted octanol–water partition coefficient (Wildman–Crippen LogP) is 0.448. The largest absolute Gasteiger partial charge is 0.324 e. The van der Waals surface area contributed by atoms with E-state index in [0.29, 0.717) is 0 Å². The van der Waals surface area contributed by atoms with E-state index in [-0.39, 0.29) is 0 Å². The van der Waals surface area contributed by atoms with E-state index in [1.165, 1.54) is 7.11 Å². The van der Waals surface area contributed by atoms with Crippen LogP contribution >= 0.6 is 7.60 Å². The minimum atomic E-state index is -3.15. The van der Waals surface area contributed by atoms with Gasteiger partial charge in [0, 0.05) is 13.8 Å². The van der Waals surface area contributed by atoms with Crippen molar-refractivity contribution in [3.63, 3.8) is 0 Å². The van der Waals surface area contributed by atoms with Crippen molar-refractivity contribution in [2.24, 2.45) is 0 Å². The SMILES string of the molecule is CO[P@](C)(=O)O. The lowest BCUT2D eigenvalue weighted by molar-refractivity contribution is 0.322. The Kier molecular flexibility index (Phi) is 1.78. The van der Waals surface area contributed by atoms with E-state index in [9.17, 15) is 4.57 Å². The smallest absolute Gasteiger partial charge is 0.324 e. The average molecular weight is 110 g/mol. The van der Waals surface area contributed by atoms with Crippen molar-refractivity contribution in [1.29, 1.82) is 0 Å². The molecule has 0 rings (SSSR count). The lowest BCUT2D eigenvalue weighted by Gasteiger charge is -1.96. The summed E-state index contributed by atoms with van der Waals surface area (Å²) in [4.78, 5) is 8.16. The number of rotatable bonds is 1. The van der Waals surface area contributed by atoms with Crippen LogP contribution in [-0.2, 0) is 9.09 Å². The van der Waals surface area contributed by atoms with Gasteiger partial charge in [0.2, 0.25) is 0 Å². The first kappa shape index (κ1) is 6.15. The van der Waals surface area contributed by atoms with Crippen LogP contribution in [0, 0.1) is 0 Å². The summed E-state index contributed by atoms with van der Waals surface area (Å²) < 4.78 is 14.0. The van der Waals surface area contributed by atoms with Crippen molar-refractivity contribution in [1.82, 2.24) is 0 Å². The van der Waals surface area contributed by atoms with Crippen molar-refractivity contribution in [3.8, 4) is 0 Å². The minimum absolute atomic E-state index is 1.13. The molecule has 0 aliphatic carbocycles. The van der Waals surface area contributed by atoms with E-state index in [0.717, 1.165) is 6.66 Å². The lowest BCUT2D eigenvalue weighted by Crippen LogP contribution is -1.75. The molecule has 1 N–H and O–H groups in total. The van der Waals surface area contributed by atoms with E-state index in [1.54, 1.807) is 0 Å². The van der Waals surface area contributed by atoms with Crippen molar-refractivity contribution in [2.75, 3.05) is 13.8 Å². The summed E-state index contributed by atoms with van der Waals surface area (Å²) in [5.74, 6) is 0. The highest BCUT2D eigenvalue weighted by Gasteiger charge is 2.02. The second-order valence-corrected chi connectivity index (χ2v) is 2.96. The summed E-state index contributed by atoms with van der Waals surface area (Å²) in [5, 5.41) is 0. The summed E-state index contributed by atoms with van der Waals surface area (Å²) in [6, 6.07) is 0. The Morgan fingerprint density at radius 3 is 2.00 bits per heavy atom. The molecular formula is C2H7O3P. The van der Waals surface area contributed by atoms with E-state index >= 15 is 0 Å². The maximum atomic E-state index is 9.92. The van der Waals surface area contributed by atoms with Crippen molar-refractivity contribution in [2.45, 2.75) is 0 Å². The molecule has 0 saturated carbocycles. The monoisotopic (exact) mass is 110 g/mol. The molecule has 0 fully saturated rings. The molecule has 4 heteroatoms. The quantitative estimate of drug-likeness (QED) is 0.498. The average Bonchev–Trinajstić information content (AvgIpc) is 1.35. The molecule has 38 valence electrons. The molecule has 0 aliphatic rings. The summed E-state index contributed by atoms with van der Waals surface area (Å²) in [5.41, 5.74) is 0. The van der Waals surface area contributed by atoms with Gasteiger partial charge in [-0.25, -0.2) is 0 Å². The Morgan fingerprint density at radius 2 is 2.00 bits per heavy atom. The van der Waals surface area contributed by atoms with E-state index < -0.39 is 7.60 Å². The van der Waals surface area contributed by atoms with Gasteiger partial charge in [-0.3, -0.25) is 4.57 Å². The molecule has 1 atom stereocenters. The molecule has 0 aromatic rings. The Labute approximate surface area is 36.5 Å². The van der Waals surface area contributed by atoms with Gasteiger partial charge in [-0.1, -0.05) is 0 Å². The van der Waals surface area contributed by atoms with Gasteiger partial charge in [-0.05, 0) is 0 Å². The van der Waals surface area contributed by atoms with E-state index in [2.05, 4.69) is 4.52 Å². The van der Waals surface area contributed by atoms with Crippen LogP contribution in [0.25, 0.3) is 0 Å². The van der Waals surface area contributed by atoms with E-state index in [4.69, 9.17) is 4.89 Å². The molecule has 0 spiro atoms. The second kappa shape index (κ2) is 1.73. The molecule has 0 unspecified atom stereocenters. The standard InChI is InChI=1S/C2H7O3P/c1-5-6(2,3)4/h1-2H3,(H,3,4). The van der Waals surface area contributed by atoms with E-state index in [1.807, 2.05) is 0 Å². The molecule has 0 aromatic heterocycles. The fraction of sp³-hybridized carbons (Fsp3) is 1.00. The van der Waals surface area contributed by atoms with Gasteiger partial charge in [0.1, 0.15) is 0 Å². The number of hydrogen-bond donors (Lipinski definition) is 1. The van der Waals surface area contributed by atoms with Crippen LogP contribution in [0.1, 0.15) is 0 Å². The number of hydrogen-bond acceptors (Lipinski definition) is 2. The first-order chi connectivity index (χ1) is 2.56. The molecule has 0 saturated heterocycles. The van der Waals surface area contributed by atoms with Gasteiger partial charge >= 0.3 is 7.60 Å². The first-order valence-corrected chi connectivity index (χ1v) is 3.45. The summed E-state index contributed by atoms with van der Waals surface area (Å²) in [6.07, 6.45) is 0. The minimum Gasteiger partial charge on any atom is -0.324 e. The molecule has 0 aliphatic heterocycles. The lowest BCUT2D eigenvalue weighted by atomic mass is 11.8. The van der Waals surface area contributed by atoms with Gasteiger partial charge in [0.25, 0.3) is 0 Å². The van der Waals surface area contributed by atoms with Crippen molar-refractivity contribution < 1.29 is 14.0 Å². The van der Waals surface area contributed by atoms with Crippen molar-refractivity contribution in [3.05, 3.63) is 0 Å². The zero-order chi connectivity index (χ0) is 5.21. The van der Waals surface area contributed by atoms with Crippen LogP contribution in [0.4, 0.5) is 0 Å². The van der Waals surface area contributed by atoms with Gasteiger partial charge in [-0.15, -0.1) is 0 Å². The first-order valence-electron chi connectivity index (χ1n) is 1.42. The van der Waals surface area contributed by atoms with Gasteiger partial charge < -0.3 is 9.42 Å². The summed E-state index contributed by atoms with van der Waals surface area (Å²) in [7, 11) is -1.95. The maximum Gasteiger partial charge on any atom is 0.324 e. The Hall–Kier alpha value is 0.150. The fourth-order valence-corrected chi connectivity index (χ4v) is 0. The zero-order valence-corrected chi connectivity index (χ0v) is 4.61. The highest BCUT2D eigenvalue weighted by molar-refractivity contribution is 7.51. The Bertz CT molecular complexity index is 72.9. The third kappa shape index (κ3) is 4.15. The third-order valence-electron chi connectivity index (χ3n) is 0.339. The Balaban J connectivity index is 3.48. The van der Waals surface area contributed by atoms with Crippen LogP contribution in [0.2, 0.25) is 0 Å². The molecule has 0 heterocycles. The predicted molar refractivity (Wildman–Crippen MR) is 22.8 cm³/mol. The summed E-state index contributed by atoms with van der Waals surface area (Å²) in [6.45, 7) is 1.13. The van der Waals surface area contributed by atoms with Gasteiger partial charge in [0.15, 0.2) is 0 Å². The second-order valence-electron chi connectivity index (χ2n) is 0.986. The zero-order valence-electron chi connectivity index (χ0n) is 3.71. The van der Waals surface area contributed by atoms with Crippen LogP contribution in [0.3, 0.4) is 0 Å².